The van der Waals surface area contributed by atoms with Crippen molar-refractivity contribution in [1.29, 1.82) is 0 Å². The van der Waals surface area contributed by atoms with E-state index in [1.165, 1.54) is 22.9 Å². The fourth-order valence-corrected chi connectivity index (χ4v) is 5.10. The molecule has 3 rings (SSSR count). The van der Waals surface area contributed by atoms with Crippen LogP contribution in [0.25, 0.3) is 0 Å². The van der Waals surface area contributed by atoms with Crippen LogP contribution >= 0.6 is 23.5 Å². The maximum Gasteiger partial charge on any atom is 0.0652 e. The quantitative estimate of drug-likeness (QED) is 0.634. The SMILES string of the molecule is CC1=NC2CC3SC(C)=NC3CC2S1. The first-order chi connectivity index (χ1) is 6.72. The molecule has 2 heterocycles. The standard InChI is InChI=1S/C10H14N2S2/c1-5-11-7-3-10-8(4-9(7)13-5)12-6(2)14-10/h7-10H,3-4H2,1-2H3. The zero-order chi connectivity index (χ0) is 9.71. The molecule has 4 atom stereocenters. The second-order valence-electron chi connectivity index (χ2n) is 4.21. The summed E-state index contributed by atoms with van der Waals surface area (Å²) in [6, 6.07) is 1.18. The van der Waals surface area contributed by atoms with Crippen molar-refractivity contribution in [2.24, 2.45) is 9.98 Å². The maximum atomic E-state index is 4.71. The number of thioether (sulfide) groups is 2. The normalized spacial score (nSPS) is 45.6. The van der Waals surface area contributed by atoms with E-state index in [1.807, 2.05) is 23.5 Å². The highest BCUT2D eigenvalue weighted by molar-refractivity contribution is 8.15. The highest BCUT2D eigenvalue weighted by Gasteiger charge is 2.42. The van der Waals surface area contributed by atoms with E-state index < -0.39 is 0 Å². The minimum absolute atomic E-state index is 0.592. The lowest BCUT2D eigenvalue weighted by atomic mass is 9.91. The Morgan fingerprint density at radius 3 is 1.79 bits per heavy atom. The monoisotopic (exact) mass is 226 g/mol. The molecule has 1 saturated carbocycles. The van der Waals surface area contributed by atoms with E-state index in [2.05, 4.69) is 13.8 Å². The smallest absolute Gasteiger partial charge is 0.0652 e. The molecule has 2 aliphatic heterocycles. The summed E-state index contributed by atoms with van der Waals surface area (Å²) in [6.45, 7) is 4.28. The van der Waals surface area contributed by atoms with Gasteiger partial charge in [0.25, 0.3) is 0 Å². The minimum atomic E-state index is 0.592. The Bertz CT molecular complexity index is 292. The molecule has 4 unspecified atom stereocenters. The molecule has 76 valence electrons. The van der Waals surface area contributed by atoms with Crippen LogP contribution in [-0.2, 0) is 0 Å². The van der Waals surface area contributed by atoms with Crippen LogP contribution in [0.4, 0.5) is 0 Å². The van der Waals surface area contributed by atoms with Crippen molar-refractivity contribution in [3.63, 3.8) is 0 Å². The van der Waals surface area contributed by atoms with Crippen LogP contribution < -0.4 is 0 Å². The summed E-state index contributed by atoms with van der Waals surface area (Å²) < 4.78 is 0. The van der Waals surface area contributed by atoms with E-state index in [1.54, 1.807) is 0 Å². The van der Waals surface area contributed by atoms with Gasteiger partial charge in [0.2, 0.25) is 0 Å². The predicted molar refractivity (Wildman–Crippen MR) is 65.8 cm³/mol. The zero-order valence-electron chi connectivity index (χ0n) is 8.43. The summed E-state index contributed by atoms with van der Waals surface area (Å²) in [4.78, 5) is 9.42. The van der Waals surface area contributed by atoms with E-state index >= 15 is 0 Å². The highest BCUT2D eigenvalue weighted by atomic mass is 32.2. The topological polar surface area (TPSA) is 24.7 Å². The van der Waals surface area contributed by atoms with Crippen molar-refractivity contribution in [3.05, 3.63) is 0 Å². The van der Waals surface area contributed by atoms with Crippen molar-refractivity contribution in [2.45, 2.75) is 49.3 Å². The summed E-state index contributed by atoms with van der Waals surface area (Å²) in [5.41, 5.74) is 0. The van der Waals surface area contributed by atoms with Crippen molar-refractivity contribution >= 4 is 33.6 Å². The van der Waals surface area contributed by atoms with Crippen LogP contribution in [0.3, 0.4) is 0 Å². The molecule has 0 aromatic heterocycles. The molecule has 14 heavy (non-hydrogen) atoms. The summed E-state index contributed by atoms with van der Waals surface area (Å²) >= 11 is 3.94. The molecular formula is C10H14N2S2. The minimum Gasteiger partial charge on any atom is -0.279 e. The van der Waals surface area contributed by atoms with Gasteiger partial charge < -0.3 is 0 Å². The molecule has 0 amide bonds. The molecule has 1 aliphatic carbocycles. The average molecular weight is 226 g/mol. The summed E-state index contributed by atoms with van der Waals surface area (Å²) in [5, 5.41) is 4.02. The van der Waals surface area contributed by atoms with Crippen LogP contribution in [0.15, 0.2) is 9.98 Å². The average Bonchev–Trinajstić information content (AvgIpc) is 2.59. The van der Waals surface area contributed by atoms with Crippen LogP contribution in [0, 0.1) is 0 Å². The first kappa shape index (κ1) is 9.28. The van der Waals surface area contributed by atoms with Crippen molar-refractivity contribution in [1.82, 2.24) is 0 Å². The molecule has 3 aliphatic rings. The van der Waals surface area contributed by atoms with Crippen molar-refractivity contribution < 1.29 is 0 Å². The fourth-order valence-electron chi connectivity index (χ4n) is 2.58. The Kier molecular flexibility index (Phi) is 2.17. The predicted octanol–water partition coefficient (Wildman–Crippen LogP) is 2.59. The van der Waals surface area contributed by atoms with Gasteiger partial charge in [-0.2, -0.15) is 0 Å². The zero-order valence-corrected chi connectivity index (χ0v) is 10.1. The van der Waals surface area contributed by atoms with Gasteiger partial charge in [0.15, 0.2) is 0 Å². The summed E-state index contributed by atoms with van der Waals surface area (Å²) in [5.74, 6) is 0. The number of aliphatic imine (C=N–C) groups is 2. The maximum absolute atomic E-state index is 4.71. The third-order valence-corrected chi connectivity index (χ3v) is 5.66. The molecule has 0 aromatic rings. The molecule has 0 radical (unpaired) electrons. The van der Waals surface area contributed by atoms with Gasteiger partial charge >= 0.3 is 0 Å². The molecule has 0 N–H and O–H groups in total. The first-order valence-corrected chi connectivity index (χ1v) is 6.90. The van der Waals surface area contributed by atoms with Gasteiger partial charge in [-0.3, -0.25) is 9.98 Å². The number of rotatable bonds is 0. The molecule has 4 heteroatoms. The largest absolute Gasteiger partial charge is 0.279 e. The lowest BCUT2D eigenvalue weighted by Crippen LogP contribution is -2.36. The van der Waals surface area contributed by atoms with Gasteiger partial charge in [0.1, 0.15) is 0 Å². The molecule has 0 bridgehead atoms. The molecule has 0 saturated heterocycles. The van der Waals surface area contributed by atoms with Crippen molar-refractivity contribution in [3.8, 4) is 0 Å². The highest BCUT2D eigenvalue weighted by Crippen LogP contribution is 2.44. The Morgan fingerprint density at radius 1 is 0.929 bits per heavy atom. The lowest BCUT2D eigenvalue weighted by molar-refractivity contribution is 0.429. The van der Waals surface area contributed by atoms with Crippen LogP contribution in [0.2, 0.25) is 0 Å². The second kappa shape index (κ2) is 3.27. The molecular weight excluding hydrogens is 212 g/mol. The molecule has 0 spiro atoms. The van der Waals surface area contributed by atoms with Gasteiger partial charge in [-0.25, -0.2) is 0 Å². The van der Waals surface area contributed by atoms with E-state index in [-0.39, 0.29) is 0 Å². The summed E-state index contributed by atoms with van der Waals surface area (Å²) in [6.07, 6.45) is 2.48. The van der Waals surface area contributed by atoms with E-state index in [9.17, 15) is 0 Å². The number of fused-ring (bicyclic) bond motifs is 2. The van der Waals surface area contributed by atoms with Gasteiger partial charge in [-0.1, -0.05) is 0 Å². The van der Waals surface area contributed by atoms with Crippen LogP contribution in [0.5, 0.6) is 0 Å². The number of nitrogens with zero attached hydrogens (tertiary/aromatic N) is 2. The Hall–Kier alpha value is 0.0400. The number of hydrogen-bond donors (Lipinski definition) is 0. The number of hydrogen-bond acceptors (Lipinski definition) is 4. The molecule has 0 aromatic carbocycles. The van der Waals surface area contributed by atoms with E-state index in [0.29, 0.717) is 12.1 Å². The fraction of sp³-hybridized carbons (Fsp3) is 0.800. The summed E-state index contributed by atoms with van der Waals surface area (Å²) in [7, 11) is 0. The third kappa shape index (κ3) is 1.43. The first-order valence-electron chi connectivity index (χ1n) is 5.14. The second-order valence-corrected chi connectivity index (χ2v) is 7.08. The Labute approximate surface area is 93.0 Å². The lowest BCUT2D eigenvalue weighted by Gasteiger charge is -2.30. The van der Waals surface area contributed by atoms with Gasteiger partial charge in [0, 0.05) is 10.5 Å². The third-order valence-electron chi connectivity index (χ3n) is 3.15. The van der Waals surface area contributed by atoms with Crippen LogP contribution in [0.1, 0.15) is 26.7 Å². The van der Waals surface area contributed by atoms with Crippen LogP contribution in [-0.4, -0.2) is 32.7 Å². The van der Waals surface area contributed by atoms with Gasteiger partial charge in [0.05, 0.1) is 22.2 Å². The Balaban J connectivity index is 1.78. The van der Waals surface area contributed by atoms with E-state index in [4.69, 9.17) is 9.98 Å². The van der Waals surface area contributed by atoms with Crippen molar-refractivity contribution in [2.75, 3.05) is 0 Å². The Morgan fingerprint density at radius 2 is 1.36 bits per heavy atom. The molecule has 2 nitrogen and oxygen atoms in total. The van der Waals surface area contributed by atoms with E-state index in [0.717, 1.165) is 10.5 Å². The van der Waals surface area contributed by atoms with Gasteiger partial charge in [-0.15, -0.1) is 23.5 Å². The molecule has 1 fully saturated rings. The van der Waals surface area contributed by atoms with Gasteiger partial charge in [-0.05, 0) is 26.7 Å².